The molecule has 6 aromatic carbocycles. The molecular formula is C44H4Cl2F20O19S. The van der Waals surface area contributed by atoms with E-state index in [-0.39, 0.29) is 0 Å². The Bertz CT molecular complexity index is 3870. The van der Waals surface area contributed by atoms with E-state index in [0.29, 0.717) is 0 Å². The van der Waals surface area contributed by atoms with E-state index in [1.54, 1.807) is 0 Å². The van der Waals surface area contributed by atoms with Crippen molar-refractivity contribution in [3.05, 3.63) is 161 Å². The smallest absolute Gasteiger partial charge is 0.350 e. The number of hydrogen-bond acceptors (Lipinski definition) is 15. The Kier molecular flexibility index (Phi) is 18.1. The van der Waals surface area contributed by atoms with Crippen LogP contribution in [0.5, 0.6) is 46.0 Å². The van der Waals surface area contributed by atoms with Gasteiger partial charge in [0.25, 0.3) is 0 Å². The molecule has 0 aliphatic carbocycles. The Balaban J connectivity index is 0.000000259. The molecule has 0 atom stereocenters. The SMILES string of the molecule is O=C(O)c1c(F)c(F)c(Oc2c(F)c(F)c(Oc3c(F)c(F)c(C(=O)O)c(C(=O)O)c3F)c(F)c2F)c(F)c1C(=O)O.O=C1OC(=O)c2c(F)c(Oc3c(F)c(F)c(Oc4c(F)c(F)c5c(c4F)C(=O)OC5=O)c(F)c3F)c(F)c(F)c21.O=S(Cl)Cl. The first-order valence-electron chi connectivity index (χ1n) is 20.2. The van der Waals surface area contributed by atoms with E-state index in [0.717, 1.165) is 0 Å². The molecule has 0 amide bonds. The zero-order valence-corrected chi connectivity index (χ0v) is 41.0. The van der Waals surface area contributed by atoms with Crippen molar-refractivity contribution in [1.82, 2.24) is 0 Å². The van der Waals surface area contributed by atoms with Gasteiger partial charge in [0.15, 0.2) is 46.5 Å². The van der Waals surface area contributed by atoms with E-state index < -0.39 is 264 Å². The fraction of sp³-hybridized carbons (Fsp3) is 0. The molecule has 0 saturated carbocycles. The lowest BCUT2D eigenvalue weighted by molar-refractivity contribution is 0.0422. The van der Waals surface area contributed by atoms with Crippen molar-refractivity contribution >= 4 is 78.3 Å². The summed E-state index contributed by atoms with van der Waals surface area (Å²) < 4.78 is 322. The molecule has 42 heteroatoms. The van der Waals surface area contributed by atoms with Crippen LogP contribution in [0.25, 0.3) is 0 Å². The predicted molar refractivity (Wildman–Crippen MR) is 225 cm³/mol. The lowest BCUT2D eigenvalue weighted by atomic mass is 10.0. The largest absolute Gasteiger partial charge is 0.478 e. The van der Waals surface area contributed by atoms with Crippen molar-refractivity contribution in [3.8, 4) is 46.0 Å². The molecular weight excluding hydrogens is 1320 g/mol. The van der Waals surface area contributed by atoms with Gasteiger partial charge in [-0.05, 0) is 0 Å². The molecule has 2 heterocycles. The molecule has 0 saturated heterocycles. The van der Waals surface area contributed by atoms with Gasteiger partial charge in [-0.15, -0.1) is 0 Å². The standard InChI is InChI=1S/C22H4F10O10.C22F10O8.Cl2OS/c23-5-1(19(33)34)3(21(37)38)7(25)15(9(5)27)41-17-11(29)13(31)18(14(32)12(17)30)42-16-8(26)4(22(39)40)2(20(35)36)6(24)10(16)28;23-5-1-3(21(35)39-19(1)33)7(25)15(9(5)27)37-17-11(29)13(31)18(14(32)12(17)30)38-16-8(26)4-2(6(24)10(16)28)20(34)40-22(4)36;1-4(2)3/h(H,33,34)(H,35,36)(H,37,38)(H,39,40);;. The van der Waals surface area contributed by atoms with Gasteiger partial charge in [-0.1, -0.05) is 0 Å². The molecule has 6 aromatic rings. The molecule has 0 fully saturated rings. The summed E-state index contributed by atoms with van der Waals surface area (Å²) in [6, 6.07) is 0. The van der Waals surface area contributed by atoms with Gasteiger partial charge < -0.3 is 48.8 Å². The minimum absolute atomic E-state index is 1.56. The number of fused-ring (bicyclic) bond motifs is 2. The minimum atomic E-state index is -2.91. The molecule has 0 aromatic heterocycles. The molecule has 4 N–H and O–H groups in total. The monoisotopic (exact) mass is 1320 g/mol. The second-order valence-electron chi connectivity index (χ2n) is 15.1. The van der Waals surface area contributed by atoms with Crippen molar-refractivity contribution in [2.45, 2.75) is 0 Å². The van der Waals surface area contributed by atoms with Crippen LogP contribution in [0.4, 0.5) is 87.8 Å². The molecule has 454 valence electrons. The Morgan fingerprint density at radius 2 is 0.419 bits per heavy atom. The zero-order chi connectivity index (χ0) is 65.2. The predicted octanol–water partition coefficient (Wildman–Crippen LogP) is 11.8. The van der Waals surface area contributed by atoms with Crippen molar-refractivity contribution < 1.29 is 179 Å². The zero-order valence-electron chi connectivity index (χ0n) is 38.6. The number of benzene rings is 6. The Morgan fingerprint density at radius 1 is 0.279 bits per heavy atom. The number of carboxylic acid groups (broad SMARTS) is 4. The first-order chi connectivity index (χ1) is 39.8. The van der Waals surface area contributed by atoms with E-state index in [1.165, 1.54) is 0 Å². The lowest BCUT2D eigenvalue weighted by Crippen LogP contribution is -2.17. The molecule has 8 rings (SSSR count). The van der Waals surface area contributed by atoms with Gasteiger partial charge in [-0.2, -0.15) is 52.7 Å². The molecule has 0 unspecified atom stereocenters. The van der Waals surface area contributed by atoms with Crippen molar-refractivity contribution in [3.63, 3.8) is 0 Å². The number of esters is 4. The second kappa shape index (κ2) is 23.9. The van der Waals surface area contributed by atoms with E-state index in [2.05, 4.69) is 49.8 Å². The number of halogens is 22. The van der Waals surface area contributed by atoms with Crippen LogP contribution in [0.1, 0.15) is 82.9 Å². The quantitative estimate of drug-likeness (QED) is 0.0291. The van der Waals surface area contributed by atoms with Gasteiger partial charge in [-0.3, -0.25) is 0 Å². The first-order valence-corrected chi connectivity index (χ1v) is 23.0. The third-order valence-electron chi connectivity index (χ3n) is 10.3. The number of hydrogen-bond donors (Lipinski definition) is 4. The number of aromatic carboxylic acids is 4. The summed E-state index contributed by atoms with van der Waals surface area (Å²) in [6.07, 6.45) is 0. The summed E-state index contributed by atoms with van der Waals surface area (Å²) in [7, 11) is 7.36. The molecule has 86 heavy (non-hydrogen) atoms. The van der Waals surface area contributed by atoms with Gasteiger partial charge in [0.1, 0.15) is 44.5 Å². The van der Waals surface area contributed by atoms with E-state index in [9.17, 15) is 126 Å². The van der Waals surface area contributed by atoms with E-state index in [1.807, 2.05) is 0 Å². The third-order valence-corrected chi connectivity index (χ3v) is 10.3. The van der Waals surface area contributed by atoms with E-state index >= 15 is 0 Å². The number of carbonyl (C=O) groups is 8. The summed E-state index contributed by atoms with van der Waals surface area (Å²) in [5.74, 6) is -89.9. The van der Waals surface area contributed by atoms with Crippen LogP contribution in [0.2, 0.25) is 0 Å². The van der Waals surface area contributed by atoms with Crippen LogP contribution in [0.3, 0.4) is 0 Å². The maximum atomic E-state index is 14.6. The summed E-state index contributed by atoms with van der Waals surface area (Å²) in [6.45, 7) is 0. The fourth-order valence-electron chi connectivity index (χ4n) is 6.81. The average molecular weight is 1320 g/mol. The number of carboxylic acids is 4. The molecule has 0 spiro atoms. The van der Waals surface area contributed by atoms with Crippen LogP contribution >= 0.6 is 21.4 Å². The van der Waals surface area contributed by atoms with Crippen molar-refractivity contribution in [1.29, 1.82) is 0 Å². The number of ether oxygens (including phenoxy) is 6. The summed E-state index contributed by atoms with van der Waals surface area (Å²) >= 11 is 0. The van der Waals surface area contributed by atoms with Gasteiger partial charge in [0.2, 0.25) is 125 Å². The second-order valence-corrected chi connectivity index (χ2v) is 17.6. The van der Waals surface area contributed by atoms with Gasteiger partial charge >= 0.3 is 47.8 Å². The van der Waals surface area contributed by atoms with Crippen LogP contribution in [0.15, 0.2) is 0 Å². The Labute approximate surface area is 463 Å². The molecule has 2 aliphatic rings. The van der Waals surface area contributed by atoms with Gasteiger partial charge in [0.05, 0.1) is 0 Å². The summed E-state index contributed by atoms with van der Waals surface area (Å²) in [5.41, 5.74) is -15.0. The first kappa shape index (κ1) is 65.2. The van der Waals surface area contributed by atoms with Crippen LogP contribution in [-0.4, -0.2) is 72.4 Å². The minimum Gasteiger partial charge on any atom is -0.478 e. The highest BCUT2D eigenvalue weighted by atomic mass is 36.0. The third kappa shape index (κ3) is 10.9. The van der Waals surface area contributed by atoms with Crippen LogP contribution < -0.4 is 18.9 Å². The normalized spacial score (nSPS) is 12.2. The molecule has 0 radical (unpaired) electrons. The van der Waals surface area contributed by atoms with Gasteiger partial charge in [0, 0.05) is 21.4 Å². The number of rotatable bonds is 12. The fourth-order valence-corrected chi connectivity index (χ4v) is 6.81. The number of cyclic esters (lactones) is 4. The summed E-state index contributed by atoms with van der Waals surface area (Å²) in [4.78, 5) is 90.4. The average Bonchev–Trinajstić information content (AvgIpc) is 1.63. The van der Waals surface area contributed by atoms with Crippen LogP contribution in [-0.2, 0) is 18.7 Å². The van der Waals surface area contributed by atoms with Crippen molar-refractivity contribution in [2.75, 3.05) is 0 Å². The van der Waals surface area contributed by atoms with Crippen LogP contribution in [0, 0.1) is 116 Å². The molecule has 19 nitrogen and oxygen atoms in total. The molecule has 0 bridgehead atoms. The highest BCUT2D eigenvalue weighted by Crippen LogP contribution is 2.46. The highest BCUT2D eigenvalue weighted by molar-refractivity contribution is 8.26. The highest BCUT2D eigenvalue weighted by Gasteiger charge is 2.45. The van der Waals surface area contributed by atoms with E-state index in [4.69, 9.17) is 24.6 Å². The van der Waals surface area contributed by atoms with Crippen molar-refractivity contribution in [2.24, 2.45) is 0 Å². The van der Waals surface area contributed by atoms with Gasteiger partial charge in [-0.25, -0.2) is 77.7 Å². The Hall–Kier alpha value is -9.99. The molecule has 2 aliphatic heterocycles. The number of carbonyl (C=O) groups excluding carboxylic acids is 4. The summed E-state index contributed by atoms with van der Waals surface area (Å²) in [5, 5.41) is 35.6. The maximum absolute atomic E-state index is 14.6. The topological polar surface area (TPSA) is 290 Å². The lowest BCUT2D eigenvalue weighted by Gasteiger charge is -2.17. The maximum Gasteiger partial charge on any atom is 0.350 e. The Morgan fingerprint density at radius 3 is 0.616 bits per heavy atom.